The Kier molecular flexibility index (Phi) is 6.07. The molecular weight excluding hydrogens is 318 g/mol. The Morgan fingerprint density at radius 3 is 1.88 bits per heavy atom. The third kappa shape index (κ3) is 5.85. The molecule has 4 nitrogen and oxygen atoms in total. The normalized spacial score (nSPS) is 25.5. The monoisotopic (exact) mass is 357 g/mol. The summed E-state index contributed by atoms with van der Waals surface area (Å²) >= 11 is 0. The van der Waals surface area contributed by atoms with Gasteiger partial charge in [0.25, 0.3) is 0 Å². The summed E-state index contributed by atoms with van der Waals surface area (Å²) in [6.45, 7) is 24.8. The molecule has 0 aromatic rings. The van der Waals surface area contributed by atoms with Gasteiger partial charge in [0.15, 0.2) is 8.32 Å². The van der Waals surface area contributed by atoms with Crippen molar-refractivity contribution in [3.63, 3.8) is 0 Å². The maximum atomic E-state index is 12.2. The van der Waals surface area contributed by atoms with Gasteiger partial charge < -0.3 is 9.16 Å². The van der Waals surface area contributed by atoms with Crippen molar-refractivity contribution < 1.29 is 14.0 Å². The molecule has 0 saturated carbocycles. The van der Waals surface area contributed by atoms with Crippen molar-refractivity contribution in [2.24, 2.45) is 5.41 Å². The van der Waals surface area contributed by atoms with Gasteiger partial charge in [-0.3, -0.25) is 9.69 Å². The van der Waals surface area contributed by atoms with Crippen LogP contribution in [-0.4, -0.2) is 50.0 Å². The zero-order chi connectivity index (χ0) is 19.1. The zero-order valence-electron chi connectivity index (χ0n) is 17.7. The fourth-order valence-corrected chi connectivity index (χ4v) is 3.86. The van der Waals surface area contributed by atoms with Crippen molar-refractivity contribution in [3.8, 4) is 0 Å². The molecule has 0 aromatic heterocycles. The first-order valence-corrected chi connectivity index (χ1v) is 12.0. The fourth-order valence-electron chi connectivity index (χ4n) is 2.84. The van der Waals surface area contributed by atoms with Crippen LogP contribution in [0.3, 0.4) is 0 Å². The van der Waals surface area contributed by atoms with Crippen LogP contribution in [0.4, 0.5) is 0 Å². The molecule has 0 amide bonds. The highest BCUT2D eigenvalue weighted by molar-refractivity contribution is 6.74. The first-order chi connectivity index (χ1) is 10.5. The standard InChI is InChI=1S/C19H39NO3Si/c1-17(2,3)16-14(13-22-24(10,11)19(7,8)9)20(16)12-15(21)23-18(4,5)6/h14,16H,12-13H2,1-11H3/t14-,16+,20?/m1/s1. The number of hydrogen-bond acceptors (Lipinski definition) is 4. The number of hydrogen-bond donors (Lipinski definition) is 0. The first kappa shape index (κ1) is 21.6. The van der Waals surface area contributed by atoms with Crippen LogP contribution >= 0.6 is 0 Å². The van der Waals surface area contributed by atoms with Gasteiger partial charge in [0.05, 0.1) is 13.2 Å². The number of rotatable bonds is 5. The lowest BCUT2D eigenvalue weighted by molar-refractivity contribution is -0.155. The van der Waals surface area contributed by atoms with E-state index < -0.39 is 13.9 Å². The van der Waals surface area contributed by atoms with E-state index in [-0.39, 0.29) is 16.4 Å². The molecule has 1 heterocycles. The molecule has 0 radical (unpaired) electrons. The molecular formula is C19H39NO3Si. The Labute approximate surface area is 150 Å². The molecule has 1 aliphatic rings. The van der Waals surface area contributed by atoms with Crippen LogP contribution in [0.25, 0.3) is 0 Å². The molecule has 1 rings (SSSR count). The average molecular weight is 358 g/mol. The van der Waals surface area contributed by atoms with Gasteiger partial charge in [-0.25, -0.2) is 0 Å². The third-order valence-electron chi connectivity index (χ3n) is 5.10. The molecule has 1 unspecified atom stereocenters. The Morgan fingerprint density at radius 1 is 1.00 bits per heavy atom. The molecule has 0 spiro atoms. The third-order valence-corrected chi connectivity index (χ3v) is 9.60. The molecule has 0 aromatic carbocycles. The molecule has 1 fully saturated rings. The zero-order valence-corrected chi connectivity index (χ0v) is 18.7. The number of ether oxygens (including phenoxy) is 1. The Balaban J connectivity index is 2.70. The Hall–Kier alpha value is -0.393. The van der Waals surface area contributed by atoms with Crippen LogP contribution in [0, 0.1) is 5.41 Å². The predicted molar refractivity (Wildman–Crippen MR) is 103 cm³/mol. The summed E-state index contributed by atoms with van der Waals surface area (Å²) in [5.41, 5.74) is -0.305. The van der Waals surface area contributed by atoms with Crippen LogP contribution in [-0.2, 0) is 14.0 Å². The van der Waals surface area contributed by atoms with Gasteiger partial charge in [-0.05, 0) is 44.3 Å². The highest BCUT2D eigenvalue weighted by atomic mass is 28.4. The van der Waals surface area contributed by atoms with Gasteiger partial charge in [0, 0.05) is 12.1 Å². The van der Waals surface area contributed by atoms with E-state index in [1.54, 1.807) is 0 Å². The van der Waals surface area contributed by atoms with Crippen molar-refractivity contribution in [1.29, 1.82) is 0 Å². The second-order valence-corrected chi connectivity index (χ2v) is 15.5. The van der Waals surface area contributed by atoms with Crippen molar-refractivity contribution >= 4 is 14.3 Å². The van der Waals surface area contributed by atoms with Crippen LogP contribution in [0.15, 0.2) is 0 Å². The smallest absolute Gasteiger partial charge is 0.320 e. The highest BCUT2D eigenvalue weighted by Crippen LogP contribution is 2.43. The second-order valence-electron chi connectivity index (χ2n) is 10.7. The highest BCUT2D eigenvalue weighted by Gasteiger charge is 2.55. The molecule has 0 N–H and O–H groups in total. The summed E-state index contributed by atoms with van der Waals surface area (Å²) < 4.78 is 11.9. The largest absolute Gasteiger partial charge is 0.459 e. The molecule has 24 heavy (non-hydrogen) atoms. The Morgan fingerprint density at radius 2 is 1.50 bits per heavy atom. The minimum absolute atomic E-state index is 0.128. The molecule has 5 heteroatoms. The number of nitrogens with zero attached hydrogens (tertiary/aromatic N) is 1. The lowest BCUT2D eigenvalue weighted by Crippen LogP contribution is -2.42. The maximum absolute atomic E-state index is 12.2. The lowest BCUT2D eigenvalue weighted by atomic mass is 9.90. The van der Waals surface area contributed by atoms with E-state index in [1.165, 1.54) is 0 Å². The average Bonchev–Trinajstić information content (AvgIpc) is 2.94. The van der Waals surface area contributed by atoms with E-state index in [4.69, 9.17) is 9.16 Å². The van der Waals surface area contributed by atoms with Crippen molar-refractivity contribution in [2.45, 2.75) is 98.1 Å². The van der Waals surface area contributed by atoms with Gasteiger partial charge in [-0.2, -0.15) is 0 Å². The van der Waals surface area contributed by atoms with Gasteiger partial charge in [0.1, 0.15) is 5.60 Å². The van der Waals surface area contributed by atoms with Crippen LogP contribution in [0.1, 0.15) is 62.3 Å². The van der Waals surface area contributed by atoms with Crippen molar-refractivity contribution in [2.75, 3.05) is 13.2 Å². The summed E-state index contributed by atoms with van der Waals surface area (Å²) in [6, 6.07) is 0.682. The first-order valence-electron chi connectivity index (χ1n) is 9.07. The van der Waals surface area contributed by atoms with E-state index in [0.717, 1.165) is 0 Å². The Bertz CT molecular complexity index is 455. The molecule has 1 aliphatic heterocycles. The molecule has 1 saturated heterocycles. The molecule has 0 bridgehead atoms. The van der Waals surface area contributed by atoms with Crippen molar-refractivity contribution in [3.05, 3.63) is 0 Å². The van der Waals surface area contributed by atoms with Crippen molar-refractivity contribution in [1.82, 2.24) is 4.90 Å². The minimum atomic E-state index is -1.77. The topological polar surface area (TPSA) is 38.5 Å². The molecule has 0 aliphatic carbocycles. The molecule has 142 valence electrons. The second kappa shape index (κ2) is 6.73. The van der Waals surface area contributed by atoms with Gasteiger partial charge in [-0.1, -0.05) is 41.5 Å². The predicted octanol–water partition coefficient (Wildman–Crippen LogP) is 4.45. The summed E-state index contributed by atoms with van der Waals surface area (Å²) in [6.07, 6.45) is 0. The van der Waals surface area contributed by atoms with E-state index in [1.807, 2.05) is 20.8 Å². The number of esters is 1. The van der Waals surface area contributed by atoms with Gasteiger partial charge in [0.2, 0.25) is 0 Å². The van der Waals surface area contributed by atoms with Crippen LogP contribution < -0.4 is 0 Å². The maximum Gasteiger partial charge on any atom is 0.320 e. The summed E-state index contributed by atoms with van der Waals surface area (Å²) in [4.78, 5) is 14.4. The van der Waals surface area contributed by atoms with Crippen LogP contribution in [0.2, 0.25) is 18.1 Å². The van der Waals surface area contributed by atoms with Gasteiger partial charge >= 0.3 is 5.97 Å². The van der Waals surface area contributed by atoms with E-state index in [2.05, 4.69) is 59.5 Å². The van der Waals surface area contributed by atoms with E-state index in [0.29, 0.717) is 25.2 Å². The van der Waals surface area contributed by atoms with Gasteiger partial charge in [-0.15, -0.1) is 0 Å². The number of carbonyl (C=O) groups excluding carboxylic acids is 1. The summed E-state index contributed by atoms with van der Waals surface area (Å²) in [5.74, 6) is -0.147. The minimum Gasteiger partial charge on any atom is -0.459 e. The summed E-state index contributed by atoms with van der Waals surface area (Å²) in [5, 5.41) is 0.203. The molecule has 3 atom stereocenters. The lowest BCUT2D eigenvalue weighted by Gasteiger charge is -2.36. The van der Waals surface area contributed by atoms with E-state index in [9.17, 15) is 4.79 Å². The number of carbonyl (C=O) groups is 1. The quantitative estimate of drug-likeness (QED) is 0.414. The summed E-state index contributed by atoms with van der Waals surface area (Å²) in [7, 11) is -1.77. The SMILES string of the molecule is CC(C)(C)OC(=O)CN1[C@H](CO[Si](C)(C)C(C)(C)C)[C@H]1C(C)(C)C. The van der Waals surface area contributed by atoms with E-state index >= 15 is 0 Å². The van der Waals surface area contributed by atoms with Crippen LogP contribution in [0.5, 0.6) is 0 Å². The fraction of sp³-hybridized carbons (Fsp3) is 0.947.